The van der Waals surface area contributed by atoms with Crippen LogP contribution in [0.15, 0.2) is 34.7 Å². The molecule has 4 nitrogen and oxygen atoms in total. The predicted octanol–water partition coefficient (Wildman–Crippen LogP) is 2.44. The van der Waals surface area contributed by atoms with Crippen LogP contribution in [0.25, 0.3) is 0 Å². The highest BCUT2D eigenvalue weighted by atomic mass is 32.2. The van der Waals surface area contributed by atoms with Gasteiger partial charge in [-0.2, -0.15) is 13.2 Å². The Morgan fingerprint density at radius 3 is 2.63 bits per heavy atom. The Morgan fingerprint density at radius 2 is 2.11 bits per heavy atom. The molecule has 2 heterocycles. The molecule has 0 bridgehead atoms. The molecule has 19 heavy (non-hydrogen) atoms. The molecule has 0 saturated heterocycles. The van der Waals surface area contributed by atoms with Crippen molar-refractivity contribution in [1.82, 2.24) is 14.5 Å². The van der Waals surface area contributed by atoms with Gasteiger partial charge in [0.1, 0.15) is 10.7 Å². The summed E-state index contributed by atoms with van der Waals surface area (Å²) in [5.41, 5.74) is 5.14. The molecule has 0 amide bonds. The van der Waals surface area contributed by atoms with E-state index in [1.165, 1.54) is 6.07 Å². The molecule has 0 aromatic carbocycles. The summed E-state index contributed by atoms with van der Waals surface area (Å²) >= 11 is 1.06. The molecule has 0 saturated carbocycles. The molecule has 2 N–H and O–H groups in total. The maximum absolute atomic E-state index is 12.6. The van der Waals surface area contributed by atoms with E-state index in [1.807, 2.05) is 0 Å². The average molecular weight is 288 g/mol. The first-order chi connectivity index (χ1) is 8.91. The SMILES string of the molecule is Cn1ccnc1Sc1nc(C(F)(F)F)ccc1CN. The lowest BCUT2D eigenvalue weighted by molar-refractivity contribution is -0.141. The number of imidazole rings is 1. The van der Waals surface area contributed by atoms with Crippen LogP contribution in [-0.2, 0) is 19.8 Å². The molecule has 0 aliphatic carbocycles. The normalized spacial score (nSPS) is 11.8. The van der Waals surface area contributed by atoms with Crippen LogP contribution in [0.1, 0.15) is 11.3 Å². The third kappa shape index (κ3) is 3.07. The summed E-state index contributed by atoms with van der Waals surface area (Å²) in [5.74, 6) is 0. The highest BCUT2D eigenvalue weighted by Gasteiger charge is 2.33. The van der Waals surface area contributed by atoms with E-state index in [0.717, 1.165) is 17.8 Å². The molecular weight excluding hydrogens is 277 g/mol. The Labute approximate surface area is 111 Å². The zero-order valence-electron chi connectivity index (χ0n) is 9.98. The van der Waals surface area contributed by atoms with E-state index < -0.39 is 11.9 Å². The van der Waals surface area contributed by atoms with Gasteiger partial charge < -0.3 is 10.3 Å². The second-order valence-corrected chi connectivity index (χ2v) is 4.74. The minimum Gasteiger partial charge on any atom is -0.329 e. The molecule has 2 aromatic heterocycles. The first-order valence-electron chi connectivity index (χ1n) is 5.34. The van der Waals surface area contributed by atoms with Crippen molar-refractivity contribution in [2.45, 2.75) is 22.9 Å². The molecule has 0 aliphatic rings. The first-order valence-corrected chi connectivity index (χ1v) is 6.16. The van der Waals surface area contributed by atoms with Crippen LogP contribution >= 0.6 is 11.8 Å². The number of rotatable bonds is 3. The maximum Gasteiger partial charge on any atom is 0.433 e. The van der Waals surface area contributed by atoms with Crippen LogP contribution in [-0.4, -0.2) is 14.5 Å². The number of alkyl halides is 3. The van der Waals surface area contributed by atoms with Gasteiger partial charge in [-0.1, -0.05) is 6.07 Å². The molecule has 2 aromatic rings. The van der Waals surface area contributed by atoms with E-state index >= 15 is 0 Å². The van der Waals surface area contributed by atoms with Gasteiger partial charge in [0.05, 0.1) is 0 Å². The maximum atomic E-state index is 12.6. The summed E-state index contributed by atoms with van der Waals surface area (Å²) in [6.45, 7) is 0.123. The summed E-state index contributed by atoms with van der Waals surface area (Å²) in [4.78, 5) is 7.68. The summed E-state index contributed by atoms with van der Waals surface area (Å²) in [5, 5.41) is 0.785. The van der Waals surface area contributed by atoms with Crippen LogP contribution in [0, 0.1) is 0 Å². The predicted molar refractivity (Wildman–Crippen MR) is 64.5 cm³/mol. The summed E-state index contributed by atoms with van der Waals surface area (Å²) in [6, 6.07) is 2.28. The fourth-order valence-corrected chi connectivity index (χ4v) is 2.33. The Balaban J connectivity index is 2.40. The van der Waals surface area contributed by atoms with Crippen LogP contribution in [0.3, 0.4) is 0 Å². The van der Waals surface area contributed by atoms with Crippen LogP contribution in [0.5, 0.6) is 0 Å². The molecule has 102 valence electrons. The van der Waals surface area contributed by atoms with Crippen molar-refractivity contribution in [2.24, 2.45) is 12.8 Å². The number of nitrogens with two attached hydrogens (primary N) is 1. The lowest BCUT2D eigenvalue weighted by atomic mass is 10.2. The van der Waals surface area contributed by atoms with Crippen molar-refractivity contribution in [1.29, 1.82) is 0 Å². The molecule has 2 rings (SSSR count). The Kier molecular flexibility index (Phi) is 3.81. The number of nitrogens with zero attached hydrogens (tertiary/aromatic N) is 3. The lowest BCUT2D eigenvalue weighted by Gasteiger charge is -2.10. The lowest BCUT2D eigenvalue weighted by Crippen LogP contribution is -2.10. The topological polar surface area (TPSA) is 56.7 Å². The van der Waals surface area contributed by atoms with Crippen molar-refractivity contribution in [2.75, 3.05) is 0 Å². The number of aromatic nitrogens is 3. The van der Waals surface area contributed by atoms with Gasteiger partial charge in [-0.05, 0) is 23.4 Å². The molecular formula is C11H11F3N4S. The Bertz CT molecular complexity index is 580. The van der Waals surface area contributed by atoms with Crippen LogP contribution in [0.2, 0.25) is 0 Å². The van der Waals surface area contributed by atoms with Crippen molar-refractivity contribution in [3.05, 3.63) is 35.8 Å². The van der Waals surface area contributed by atoms with E-state index in [9.17, 15) is 13.2 Å². The minimum atomic E-state index is -4.47. The van der Waals surface area contributed by atoms with Gasteiger partial charge in [0.2, 0.25) is 0 Å². The van der Waals surface area contributed by atoms with E-state index in [4.69, 9.17) is 5.73 Å². The Hall–Kier alpha value is -1.54. The van der Waals surface area contributed by atoms with Crippen molar-refractivity contribution in [3.8, 4) is 0 Å². The third-order valence-corrected chi connectivity index (χ3v) is 3.54. The quantitative estimate of drug-likeness (QED) is 0.942. The minimum absolute atomic E-state index is 0.123. The fraction of sp³-hybridized carbons (Fsp3) is 0.273. The van der Waals surface area contributed by atoms with Crippen molar-refractivity contribution in [3.63, 3.8) is 0 Å². The number of hydrogen-bond acceptors (Lipinski definition) is 4. The monoisotopic (exact) mass is 288 g/mol. The molecule has 0 atom stereocenters. The van der Waals surface area contributed by atoms with E-state index in [0.29, 0.717) is 10.7 Å². The number of halogens is 3. The highest BCUT2D eigenvalue weighted by molar-refractivity contribution is 7.99. The van der Waals surface area contributed by atoms with Gasteiger partial charge in [-0.25, -0.2) is 9.97 Å². The second-order valence-electron chi connectivity index (χ2n) is 3.79. The van der Waals surface area contributed by atoms with Crippen LogP contribution < -0.4 is 5.73 Å². The number of aryl methyl sites for hydroxylation is 1. The van der Waals surface area contributed by atoms with Crippen molar-refractivity contribution >= 4 is 11.8 Å². The number of pyridine rings is 1. The average Bonchev–Trinajstić information content (AvgIpc) is 2.74. The van der Waals surface area contributed by atoms with Gasteiger partial charge in [0.15, 0.2) is 5.16 Å². The standard InChI is InChI=1S/C11H11F3N4S/c1-18-5-4-16-10(18)19-9-7(6-15)2-3-8(17-9)11(12,13)14/h2-5H,6,15H2,1H3. The zero-order chi connectivity index (χ0) is 14.0. The Morgan fingerprint density at radius 1 is 1.37 bits per heavy atom. The van der Waals surface area contributed by atoms with E-state index in [2.05, 4.69) is 9.97 Å². The molecule has 0 spiro atoms. The fourth-order valence-electron chi connectivity index (χ4n) is 1.41. The largest absolute Gasteiger partial charge is 0.433 e. The summed E-state index contributed by atoms with van der Waals surface area (Å²) in [7, 11) is 1.76. The van der Waals surface area contributed by atoms with E-state index in [1.54, 1.807) is 24.0 Å². The summed E-state index contributed by atoms with van der Waals surface area (Å²) < 4.78 is 39.6. The first kappa shape index (κ1) is 13.9. The summed E-state index contributed by atoms with van der Waals surface area (Å²) in [6.07, 6.45) is -1.19. The molecule has 0 unspecified atom stereocenters. The van der Waals surface area contributed by atoms with Crippen LogP contribution in [0.4, 0.5) is 13.2 Å². The van der Waals surface area contributed by atoms with Gasteiger partial charge in [-0.3, -0.25) is 0 Å². The molecule has 0 fully saturated rings. The molecule has 0 aliphatic heterocycles. The van der Waals surface area contributed by atoms with Gasteiger partial charge >= 0.3 is 6.18 Å². The molecule has 8 heteroatoms. The van der Waals surface area contributed by atoms with Gasteiger partial charge in [-0.15, -0.1) is 0 Å². The third-order valence-electron chi connectivity index (χ3n) is 2.41. The van der Waals surface area contributed by atoms with Gasteiger partial charge in [0.25, 0.3) is 0 Å². The van der Waals surface area contributed by atoms with E-state index in [-0.39, 0.29) is 11.6 Å². The zero-order valence-corrected chi connectivity index (χ0v) is 10.8. The van der Waals surface area contributed by atoms with Gasteiger partial charge in [0, 0.05) is 26.0 Å². The second kappa shape index (κ2) is 5.22. The highest BCUT2D eigenvalue weighted by Crippen LogP contribution is 2.32. The smallest absolute Gasteiger partial charge is 0.329 e. The molecule has 0 radical (unpaired) electrons. The number of hydrogen-bond donors (Lipinski definition) is 1. The van der Waals surface area contributed by atoms with Crippen molar-refractivity contribution < 1.29 is 13.2 Å².